The predicted octanol–water partition coefficient (Wildman–Crippen LogP) is 4.41. The number of ether oxygens (including phenoxy) is 3. The molecular formula is C23H28N4O4. The first-order valence-corrected chi connectivity index (χ1v) is 10.2. The summed E-state index contributed by atoms with van der Waals surface area (Å²) in [5, 5.41) is 11.2. The maximum Gasteiger partial charge on any atom is 0.255 e. The third kappa shape index (κ3) is 5.14. The van der Waals surface area contributed by atoms with Gasteiger partial charge in [-0.3, -0.25) is 4.79 Å². The fourth-order valence-corrected chi connectivity index (χ4v) is 3.33. The zero-order chi connectivity index (χ0) is 22.2. The zero-order valence-corrected chi connectivity index (χ0v) is 18.3. The molecule has 0 saturated heterocycles. The number of aryl methyl sites for hydroxylation is 1. The van der Waals surface area contributed by atoms with E-state index in [-0.39, 0.29) is 5.91 Å². The van der Waals surface area contributed by atoms with Crippen molar-refractivity contribution in [2.24, 2.45) is 0 Å². The fourth-order valence-electron chi connectivity index (χ4n) is 3.33. The number of anilines is 1. The molecule has 0 aliphatic heterocycles. The maximum absolute atomic E-state index is 12.9. The highest BCUT2D eigenvalue weighted by atomic mass is 16.5. The summed E-state index contributed by atoms with van der Waals surface area (Å²) in [5.41, 5.74) is 1.93. The molecule has 3 aromatic rings. The summed E-state index contributed by atoms with van der Waals surface area (Å²) in [4.78, 5) is 12.9. The molecule has 1 heterocycles. The van der Waals surface area contributed by atoms with Gasteiger partial charge in [-0.1, -0.05) is 31.9 Å². The second-order valence-electron chi connectivity index (χ2n) is 7.00. The molecule has 0 aliphatic rings. The number of nitrogens with one attached hydrogen (secondary N) is 1. The summed E-state index contributed by atoms with van der Waals surface area (Å²) in [6.45, 7) is 3.03. The number of hydrogen-bond acceptors (Lipinski definition) is 6. The molecule has 0 aliphatic carbocycles. The van der Waals surface area contributed by atoms with Crippen molar-refractivity contribution in [3.05, 3.63) is 48.3 Å². The lowest BCUT2D eigenvalue weighted by Gasteiger charge is -2.14. The molecule has 3 rings (SSSR count). The topological polar surface area (TPSA) is 87.5 Å². The third-order valence-electron chi connectivity index (χ3n) is 4.92. The molecule has 0 spiro atoms. The van der Waals surface area contributed by atoms with Crippen LogP contribution in [0.25, 0.3) is 11.4 Å². The Hall–Kier alpha value is -3.55. The standard InChI is InChI=1S/C23H28N4O4/c1-5-6-7-11-27-15-24-26-22(27)16-9-8-10-18(12-16)25-23(28)17-13-19(29-2)21(31-4)20(14-17)30-3/h8-10,12-15H,5-7,11H2,1-4H3,(H,25,28). The van der Waals surface area contributed by atoms with Crippen molar-refractivity contribution >= 4 is 11.6 Å². The maximum atomic E-state index is 12.9. The van der Waals surface area contributed by atoms with E-state index in [0.717, 1.165) is 37.2 Å². The van der Waals surface area contributed by atoms with Gasteiger partial charge in [0.1, 0.15) is 6.33 Å². The molecular weight excluding hydrogens is 396 g/mol. The molecule has 0 radical (unpaired) electrons. The summed E-state index contributed by atoms with van der Waals surface area (Å²) in [6.07, 6.45) is 5.12. The lowest BCUT2D eigenvalue weighted by atomic mass is 10.1. The smallest absolute Gasteiger partial charge is 0.255 e. The first-order valence-electron chi connectivity index (χ1n) is 10.2. The second kappa shape index (κ2) is 10.5. The van der Waals surface area contributed by atoms with Crippen LogP contribution >= 0.6 is 0 Å². The van der Waals surface area contributed by atoms with Gasteiger partial charge in [0.05, 0.1) is 21.3 Å². The Labute approximate surface area is 182 Å². The minimum absolute atomic E-state index is 0.291. The first-order chi connectivity index (χ1) is 15.1. The highest BCUT2D eigenvalue weighted by molar-refractivity contribution is 6.05. The van der Waals surface area contributed by atoms with Gasteiger partial charge < -0.3 is 24.1 Å². The Bertz CT molecular complexity index is 1010. The molecule has 0 saturated carbocycles. The van der Waals surface area contributed by atoms with Crippen molar-refractivity contribution < 1.29 is 19.0 Å². The molecule has 2 aromatic carbocycles. The summed E-state index contributed by atoms with van der Waals surface area (Å²) < 4.78 is 18.0. The van der Waals surface area contributed by atoms with E-state index in [1.807, 2.05) is 28.8 Å². The number of hydrogen-bond donors (Lipinski definition) is 1. The molecule has 8 heteroatoms. The number of methoxy groups -OCH3 is 3. The molecule has 0 unspecified atom stereocenters. The predicted molar refractivity (Wildman–Crippen MR) is 119 cm³/mol. The Balaban J connectivity index is 1.82. The number of carbonyl (C=O) groups is 1. The van der Waals surface area contributed by atoms with Crippen LogP contribution in [0.4, 0.5) is 5.69 Å². The molecule has 31 heavy (non-hydrogen) atoms. The van der Waals surface area contributed by atoms with Crippen molar-refractivity contribution in [3.8, 4) is 28.6 Å². The van der Waals surface area contributed by atoms with E-state index in [0.29, 0.717) is 28.5 Å². The van der Waals surface area contributed by atoms with Gasteiger partial charge in [0, 0.05) is 23.4 Å². The number of nitrogens with zero attached hydrogens (tertiary/aromatic N) is 3. The first kappa shape index (κ1) is 22.1. The van der Waals surface area contributed by atoms with E-state index >= 15 is 0 Å². The zero-order valence-electron chi connectivity index (χ0n) is 18.3. The summed E-state index contributed by atoms with van der Waals surface area (Å²) >= 11 is 0. The Morgan fingerprint density at radius 2 is 1.77 bits per heavy atom. The number of rotatable bonds is 10. The minimum Gasteiger partial charge on any atom is -0.493 e. The van der Waals surface area contributed by atoms with Gasteiger partial charge >= 0.3 is 0 Å². The van der Waals surface area contributed by atoms with E-state index in [2.05, 4.69) is 22.4 Å². The average Bonchev–Trinajstić information content (AvgIpc) is 3.27. The fraction of sp³-hybridized carbons (Fsp3) is 0.348. The van der Waals surface area contributed by atoms with Gasteiger partial charge in [-0.05, 0) is 30.7 Å². The van der Waals surface area contributed by atoms with Crippen LogP contribution in [0.1, 0.15) is 36.5 Å². The van der Waals surface area contributed by atoms with Crippen molar-refractivity contribution in [2.45, 2.75) is 32.7 Å². The van der Waals surface area contributed by atoms with Gasteiger partial charge in [-0.25, -0.2) is 0 Å². The molecule has 1 N–H and O–H groups in total. The van der Waals surface area contributed by atoms with E-state index in [4.69, 9.17) is 14.2 Å². The molecule has 8 nitrogen and oxygen atoms in total. The van der Waals surface area contributed by atoms with Crippen molar-refractivity contribution in [1.82, 2.24) is 14.8 Å². The largest absolute Gasteiger partial charge is 0.493 e. The van der Waals surface area contributed by atoms with E-state index < -0.39 is 0 Å². The lowest BCUT2D eigenvalue weighted by molar-refractivity contribution is 0.102. The van der Waals surface area contributed by atoms with Crippen LogP contribution in [-0.2, 0) is 6.54 Å². The number of amides is 1. The van der Waals surface area contributed by atoms with E-state index in [1.165, 1.54) is 21.3 Å². The van der Waals surface area contributed by atoms with Crippen LogP contribution in [0.5, 0.6) is 17.2 Å². The van der Waals surface area contributed by atoms with Crippen LogP contribution in [0, 0.1) is 0 Å². The average molecular weight is 425 g/mol. The molecule has 0 fully saturated rings. The molecule has 0 atom stereocenters. The van der Waals surface area contributed by atoms with Crippen molar-refractivity contribution in [2.75, 3.05) is 26.6 Å². The SMILES string of the molecule is CCCCCn1cnnc1-c1cccc(NC(=O)c2cc(OC)c(OC)c(OC)c2)c1. The Morgan fingerprint density at radius 1 is 1.03 bits per heavy atom. The molecule has 1 amide bonds. The van der Waals surface area contributed by atoms with Gasteiger partial charge in [-0.2, -0.15) is 0 Å². The molecule has 0 bridgehead atoms. The quantitative estimate of drug-likeness (QED) is 0.485. The van der Waals surface area contributed by atoms with Gasteiger partial charge in [0.15, 0.2) is 17.3 Å². The summed E-state index contributed by atoms with van der Waals surface area (Å²) in [5.74, 6) is 1.76. The van der Waals surface area contributed by atoms with Crippen LogP contribution in [0.3, 0.4) is 0 Å². The monoisotopic (exact) mass is 424 g/mol. The van der Waals surface area contributed by atoms with Gasteiger partial charge in [-0.15, -0.1) is 10.2 Å². The minimum atomic E-state index is -0.291. The number of benzene rings is 2. The van der Waals surface area contributed by atoms with E-state index in [1.54, 1.807) is 18.5 Å². The van der Waals surface area contributed by atoms with Gasteiger partial charge in [0.25, 0.3) is 5.91 Å². The highest BCUT2D eigenvalue weighted by Crippen LogP contribution is 2.38. The van der Waals surface area contributed by atoms with Crippen LogP contribution in [-0.4, -0.2) is 42.0 Å². The number of carbonyl (C=O) groups excluding carboxylic acids is 1. The summed E-state index contributed by atoms with van der Waals surface area (Å²) in [7, 11) is 4.55. The van der Waals surface area contributed by atoms with Crippen molar-refractivity contribution in [1.29, 1.82) is 0 Å². The third-order valence-corrected chi connectivity index (χ3v) is 4.92. The lowest BCUT2D eigenvalue weighted by Crippen LogP contribution is -2.12. The highest BCUT2D eigenvalue weighted by Gasteiger charge is 2.17. The van der Waals surface area contributed by atoms with Crippen LogP contribution < -0.4 is 19.5 Å². The van der Waals surface area contributed by atoms with Crippen LogP contribution in [0.2, 0.25) is 0 Å². The normalized spacial score (nSPS) is 10.6. The van der Waals surface area contributed by atoms with Crippen LogP contribution in [0.15, 0.2) is 42.7 Å². The molecule has 164 valence electrons. The van der Waals surface area contributed by atoms with Crippen molar-refractivity contribution in [3.63, 3.8) is 0 Å². The summed E-state index contributed by atoms with van der Waals surface area (Å²) in [6, 6.07) is 10.8. The number of aromatic nitrogens is 3. The molecule has 1 aromatic heterocycles. The Kier molecular flexibility index (Phi) is 7.48. The second-order valence-corrected chi connectivity index (χ2v) is 7.00. The number of unbranched alkanes of at least 4 members (excludes halogenated alkanes) is 2. The van der Waals surface area contributed by atoms with E-state index in [9.17, 15) is 4.79 Å². The van der Waals surface area contributed by atoms with Gasteiger partial charge in [0.2, 0.25) is 5.75 Å². The Morgan fingerprint density at radius 3 is 2.42 bits per heavy atom.